The van der Waals surface area contributed by atoms with Crippen molar-refractivity contribution in [1.82, 2.24) is 4.98 Å². The van der Waals surface area contributed by atoms with Crippen LogP contribution in [0.15, 0.2) is 18.3 Å². The summed E-state index contributed by atoms with van der Waals surface area (Å²) in [5, 5.41) is 0.584. The molecule has 1 aliphatic heterocycles. The van der Waals surface area contributed by atoms with E-state index in [9.17, 15) is 0 Å². The lowest BCUT2D eigenvalue weighted by Crippen LogP contribution is -2.34. The Bertz CT molecular complexity index is 314. The molecule has 2 nitrogen and oxygen atoms in total. The van der Waals surface area contributed by atoms with E-state index in [0.717, 1.165) is 19.0 Å². The summed E-state index contributed by atoms with van der Waals surface area (Å²) in [5.41, 5.74) is 1.21. The van der Waals surface area contributed by atoms with Gasteiger partial charge in [-0.2, -0.15) is 0 Å². The number of anilines is 1. The van der Waals surface area contributed by atoms with Crippen LogP contribution >= 0.6 is 11.6 Å². The number of rotatable bonds is 1. The maximum absolute atomic E-state index is 5.86. The zero-order chi connectivity index (χ0) is 9.97. The minimum absolute atomic E-state index is 0.584. The summed E-state index contributed by atoms with van der Waals surface area (Å²) in [6.45, 7) is 4.58. The van der Waals surface area contributed by atoms with Gasteiger partial charge in [0.15, 0.2) is 0 Å². The molecule has 1 aromatic rings. The molecule has 0 unspecified atom stereocenters. The molecule has 1 aromatic heterocycles. The van der Waals surface area contributed by atoms with Crippen LogP contribution in [0.25, 0.3) is 0 Å². The summed E-state index contributed by atoms with van der Waals surface area (Å²) < 4.78 is 0. The maximum Gasteiger partial charge on any atom is 0.131 e. The number of pyridine rings is 1. The summed E-state index contributed by atoms with van der Waals surface area (Å²) in [7, 11) is 0. The second-order valence-electron chi connectivity index (χ2n) is 4.03. The fourth-order valence-corrected chi connectivity index (χ4v) is 2.18. The molecule has 0 aliphatic carbocycles. The van der Waals surface area contributed by atoms with Gasteiger partial charge in [-0.25, -0.2) is 4.98 Å². The summed E-state index contributed by atoms with van der Waals surface area (Å²) in [6.07, 6.45) is 4.40. The molecule has 76 valence electrons. The molecule has 0 bridgehead atoms. The van der Waals surface area contributed by atoms with Crippen molar-refractivity contribution >= 4 is 17.3 Å². The molecule has 0 saturated carbocycles. The van der Waals surface area contributed by atoms with E-state index in [0.29, 0.717) is 5.15 Å². The first-order chi connectivity index (χ1) is 6.75. The van der Waals surface area contributed by atoms with Gasteiger partial charge in [0.05, 0.1) is 0 Å². The standard InChI is InChI=1S/C11H15ClN2/c1-9-3-2-6-14(8-9)10-4-5-13-11(12)7-10/h4-5,7,9H,2-3,6,8H2,1H3/t9-/m0/s1. The second kappa shape index (κ2) is 4.18. The maximum atomic E-state index is 5.86. The fourth-order valence-electron chi connectivity index (χ4n) is 2.01. The first-order valence-corrected chi connectivity index (χ1v) is 5.50. The highest BCUT2D eigenvalue weighted by Crippen LogP contribution is 2.23. The van der Waals surface area contributed by atoms with Crippen LogP contribution in [-0.2, 0) is 0 Å². The SMILES string of the molecule is C[C@H]1CCCN(c2ccnc(Cl)c2)C1. The summed E-state index contributed by atoms with van der Waals surface area (Å²) in [6, 6.07) is 3.98. The summed E-state index contributed by atoms with van der Waals surface area (Å²) in [5.74, 6) is 0.788. The summed E-state index contributed by atoms with van der Waals surface area (Å²) in [4.78, 5) is 6.38. The molecule has 0 amide bonds. The highest BCUT2D eigenvalue weighted by Gasteiger charge is 2.16. The van der Waals surface area contributed by atoms with Crippen molar-refractivity contribution in [2.75, 3.05) is 18.0 Å². The van der Waals surface area contributed by atoms with Crippen LogP contribution in [0.5, 0.6) is 0 Å². The lowest BCUT2D eigenvalue weighted by molar-refractivity contribution is 0.447. The van der Waals surface area contributed by atoms with E-state index >= 15 is 0 Å². The molecular weight excluding hydrogens is 196 g/mol. The molecule has 0 N–H and O–H groups in total. The molecule has 2 heterocycles. The normalized spacial score (nSPS) is 22.4. The lowest BCUT2D eigenvalue weighted by Gasteiger charge is -2.32. The Labute approximate surface area is 89.9 Å². The van der Waals surface area contributed by atoms with Gasteiger partial charge < -0.3 is 4.90 Å². The first kappa shape index (κ1) is 9.78. The number of aromatic nitrogens is 1. The van der Waals surface area contributed by atoms with Crippen LogP contribution in [-0.4, -0.2) is 18.1 Å². The van der Waals surface area contributed by atoms with Gasteiger partial charge in [0.1, 0.15) is 5.15 Å². The zero-order valence-electron chi connectivity index (χ0n) is 8.41. The van der Waals surface area contributed by atoms with E-state index in [1.54, 1.807) is 6.20 Å². The van der Waals surface area contributed by atoms with Gasteiger partial charge >= 0.3 is 0 Å². The molecule has 14 heavy (non-hydrogen) atoms. The topological polar surface area (TPSA) is 16.1 Å². The largest absolute Gasteiger partial charge is 0.371 e. The number of piperidine rings is 1. The van der Waals surface area contributed by atoms with Crippen molar-refractivity contribution in [3.8, 4) is 0 Å². The Balaban J connectivity index is 2.14. The van der Waals surface area contributed by atoms with Crippen LogP contribution in [0.4, 0.5) is 5.69 Å². The van der Waals surface area contributed by atoms with Gasteiger partial charge in [0, 0.05) is 25.0 Å². The van der Waals surface area contributed by atoms with Crippen LogP contribution in [0, 0.1) is 5.92 Å². The Kier molecular flexibility index (Phi) is 2.92. The van der Waals surface area contributed by atoms with Crippen molar-refractivity contribution < 1.29 is 0 Å². The van der Waals surface area contributed by atoms with Gasteiger partial charge in [-0.3, -0.25) is 0 Å². The molecule has 3 heteroatoms. The first-order valence-electron chi connectivity index (χ1n) is 5.12. The molecule has 1 aliphatic rings. The van der Waals surface area contributed by atoms with Crippen molar-refractivity contribution in [3.63, 3.8) is 0 Å². The third kappa shape index (κ3) is 2.18. The minimum Gasteiger partial charge on any atom is -0.371 e. The monoisotopic (exact) mass is 210 g/mol. The molecule has 2 rings (SSSR count). The van der Waals surface area contributed by atoms with E-state index in [-0.39, 0.29) is 0 Å². The molecule has 1 fully saturated rings. The molecular formula is C11H15ClN2. The highest BCUT2D eigenvalue weighted by atomic mass is 35.5. The molecule has 0 spiro atoms. The van der Waals surface area contributed by atoms with Crippen LogP contribution in [0.2, 0.25) is 5.15 Å². The average molecular weight is 211 g/mol. The third-order valence-corrected chi connectivity index (χ3v) is 2.94. The smallest absolute Gasteiger partial charge is 0.131 e. The quantitative estimate of drug-likeness (QED) is 0.663. The Morgan fingerprint density at radius 2 is 2.43 bits per heavy atom. The minimum atomic E-state index is 0.584. The van der Waals surface area contributed by atoms with Gasteiger partial charge in [-0.1, -0.05) is 18.5 Å². The zero-order valence-corrected chi connectivity index (χ0v) is 9.17. The van der Waals surface area contributed by atoms with Gasteiger partial charge in [-0.05, 0) is 30.9 Å². The molecule has 0 aromatic carbocycles. The van der Waals surface area contributed by atoms with E-state index in [4.69, 9.17) is 11.6 Å². The number of hydrogen-bond donors (Lipinski definition) is 0. The molecule has 0 radical (unpaired) electrons. The number of hydrogen-bond acceptors (Lipinski definition) is 2. The van der Waals surface area contributed by atoms with Gasteiger partial charge in [0.2, 0.25) is 0 Å². The van der Waals surface area contributed by atoms with Crippen LogP contribution < -0.4 is 4.90 Å². The predicted octanol–water partition coefficient (Wildman–Crippen LogP) is 2.97. The van der Waals surface area contributed by atoms with E-state index in [2.05, 4.69) is 16.8 Å². The van der Waals surface area contributed by atoms with Gasteiger partial charge in [0.25, 0.3) is 0 Å². The van der Waals surface area contributed by atoms with Crippen molar-refractivity contribution in [2.24, 2.45) is 5.92 Å². The Morgan fingerprint density at radius 1 is 1.57 bits per heavy atom. The van der Waals surface area contributed by atoms with Crippen molar-refractivity contribution in [3.05, 3.63) is 23.5 Å². The molecule has 1 atom stereocenters. The van der Waals surface area contributed by atoms with E-state index in [1.807, 2.05) is 12.1 Å². The predicted molar refractivity (Wildman–Crippen MR) is 59.9 cm³/mol. The second-order valence-corrected chi connectivity index (χ2v) is 4.42. The molecule has 1 saturated heterocycles. The Morgan fingerprint density at radius 3 is 3.14 bits per heavy atom. The fraction of sp³-hybridized carbons (Fsp3) is 0.545. The van der Waals surface area contributed by atoms with Crippen LogP contribution in [0.1, 0.15) is 19.8 Å². The number of nitrogens with zero attached hydrogens (tertiary/aromatic N) is 2. The van der Waals surface area contributed by atoms with Gasteiger partial charge in [-0.15, -0.1) is 0 Å². The average Bonchev–Trinajstić information content (AvgIpc) is 2.18. The van der Waals surface area contributed by atoms with Crippen molar-refractivity contribution in [2.45, 2.75) is 19.8 Å². The van der Waals surface area contributed by atoms with E-state index < -0.39 is 0 Å². The lowest BCUT2D eigenvalue weighted by atomic mass is 10.00. The highest BCUT2D eigenvalue weighted by molar-refractivity contribution is 6.29. The van der Waals surface area contributed by atoms with Crippen LogP contribution in [0.3, 0.4) is 0 Å². The third-order valence-electron chi connectivity index (χ3n) is 2.73. The number of halogens is 1. The summed E-state index contributed by atoms with van der Waals surface area (Å²) >= 11 is 5.86. The van der Waals surface area contributed by atoms with Crippen molar-refractivity contribution in [1.29, 1.82) is 0 Å². The Hall–Kier alpha value is -0.760. The van der Waals surface area contributed by atoms with E-state index in [1.165, 1.54) is 18.5 Å².